The molecule has 0 heterocycles. The van der Waals surface area contributed by atoms with E-state index < -0.39 is 20.1 Å². The quantitative estimate of drug-likeness (QED) is 0.0834. The molecular formula is C23H45O6P. The number of carbonyl (C=O) groups excluding carboxylic acids is 1. The van der Waals surface area contributed by atoms with E-state index in [1.807, 2.05) is 6.92 Å². The first-order chi connectivity index (χ1) is 14.4. The number of rotatable bonds is 20. The number of carbonyl (C=O) groups is 1. The Morgan fingerprint density at radius 3 is 1.73 bits per heavy atom. The fraction of sp³-hybridized carbons (Fsp3) is 0.870. The van der Waals surface area contributed by atoms with E-state index in [1.165, 1.54) is 0 Å². The van der Waals surface area contributed by atoms with Crippen LogP contribution in [0.2, 0.25) is 0 Å². The Morgan fingerprint density at radius 2 is 1.37 bits per heavy atom. The largest absolute Gasteiger partial charge is 0.477 e. The summed E-state index contributed by atoms with van der Waals surface area (Å²) in [4.78, 5) is 11.7. The highest BCUT2D eigenvalue weighted by molar-refractivity contribution is 7.48. The van der Waals surface area contributed by atoms with Crippen LogP contribution in [0.5, 0.6) is 0 Å². The zero-order chi connectivity index (χ0) is 22.8. The Labute approximate surface area is 184 Å². The van der Waals surface area contributed by atoms with Crippen LogP contribution >= 0.6 is 7.82 Å². The summed E-state index contributed by atoms with van der Waals surface area (Å²) in [6.07, 6.45) is 9.43. The van der Waals surface area contributed by atoms with Gasteiger partial charge in [0, 0.05) is 12.5 Å². The van der Waals surface area contributed by atoms with Crippen LogP contribution in [-0.2, 0) is 27.7 Å². The maximum Gasteiger partial charge on any atom is 0.477 e. The van der Waals surface area contributed by atoms with E-state index >= 15 is 0 Å². The second-order valence-electron chi connectivity index (χ2n) is 7.84. The number of hydrogen-bond acceptors (Lipinski definition) is 6. The van der Waals surface area contributed by atoms with Crippen LogP contribution in [0.1, 0.15) is 98.8 Å². The maximum absolute atomic E-state index is 13.5. The highest BCUT2D eigenvalue weighted by Gasteiger charge is 2.34. The summed E-state index contributed by atoms with van der Waals surface area (Å²) < 4.78 is 35.9. The van der Waals surface area contributed by atoms with Crippen molar-refractivity contribution in [3.63, 3.8) is 0 Å². The molecule has 0 aromatic heterocycles. The van der Waals surface area contributed by atoms with E-state index in [2.05, 4.69) is 34.3 Å². The molecule has 0 saturated heterocycles. The second-order valence-corrected chi connectivity index (χ2v) is 9.46. The van der Waals surface area contributed by atoms with Crippen molar-refractivity contribution in [1.82, 2.24) is 0 Å². The standard InChI is InChI=1S/C23H45O6P/c1-7-13-16-20(10-4)18-26-30(25,27-19-21(11-5)17-14-8-2)29-23(15-9-3)28-22(24)12-6/h12,20-21,23H,6-11,13-19H2,1-5H3. The smallest absolute Gasteiger partial charge is 0.432 e. The molecule has 0 saturated carbocycles. The zero-order valence-corrected chi connectivity index (χ0v) is 20.8. The average Bonchev–Trinajstić information content (AvgIpc) is 2.74. The van der Waals surface area contributed by atoms with Crippen LogP contribution in [0, 0.1) is 11.8 Å². The molecule has 0 amide bonds. The number of ether oxygens (including phenoxy) is 1. The van der Waals surface area contributed by atoms with E-state index in [-0.39, 0.29) is 11.8 Å². The highest BCUT2D eigenvalue weighted by Crippen LogP contribution is 2.52. The SMILES string of the molecule is C=CC(=O)OC(CCC)OP(=O)(OCC(CC)CCCC)OCC(CC)CCCC. The molecule has 0 N–H and O–H groups in total. The Kier molecular flexibility index (Phi) is 17.5. The van der Waals surface area contributed by atoms with Crippen molar-refractivity contribution >= 4 is 13.8 Å². The minimum atomic E-state index is -3.88. The van der Waals surface area contributed by atoms with Crippen molar-refractivity contribution in [2.75, 3.05) is 13.2 Å². The molecule has 3 atom stereocenters. The minimum absolute atomic E-state index is 0.285. The van der Waals surface area contributed by atoms with E-state index in [9.17, 15) is 9.36 Å². The molecule has 0 fully saturated rings. The molecule has 0 rings (SSSR count). The summed E-state index contributed by atoms with van der Waals surface area (Å²) in [6, 6.07) is 0. The Morgan fingerprint density at radius 1 is 0.867 bits per heavy atom. The molecule has 0 aromatic carbocycles. The number of unbranched alkanes of at least 4 members (excludes halogenated alkanes) is 2. The third-order valence-electron chi connectivity index (χ3n) is 5.21. The van der Waals surface area contributed by atoms with Gasteiger partial charge in [0.1, 0.15) is 0 Å². The Bertz CT molecular complexity index is 472. The van der Waals surface area contributed by atoms with Crippen molar-refractivity contribution in [2.24, 2.45) is 11.8 Å². The van der Waals surface area contributed by atoms with Gasteiger partial charge in [0.25, 0.3) is 0 Å². The molecule has 0 spiro atoms. The molecule has 0 bridgehead atoms. The number of esters is 1. The van der Waals surface area contributed by atoms with Crippen molar-refractivity contribution in [3.8, 4) is 0 Å². The first kappa shape index (κ1) is 29.3. The van der Waals surface area contributed by atoms with Gasteiger partial charge in [-0.05, 0) is 24.7 Å². The average molecular weight is 449 g/mol. The lowest BCUT2D eigenvalue weighted by atomic mass is 10.0. The van der Waals surface area contributed by atoms with E-state index in [0.29, 0.717) is 26.1 Å². The van der Waals surface area contributed by atoms with Crippen LogP contribution in [-0.4, -0.2) is 25.5 Å². The number of phosphoric ester groups is 1. The molecule has 0 aliphatic carbocycles. The summed E-state index contributed by atoms with van der Waals surface area (Å²) in [5, 5.41) is 0. The predicted octanol–water partition coefficient (Wildman–Crippen LogP) is 7.43. The molecular weight excluding hydrogens is 403 g/mol. The predicted molar refractivity (Wildman–Crippen MR) is 122 cm³/mol. The third kappa shape index (κ3) is 13.6. The first-order valence-electron chi connectivity index (χ1n) is 11.8. The van der Waals surface area contributed by atoms with Gasteiger partial charge in [-0.3, -0.25) is 9.05 Å². The lowest BCUT2D eigenvalue weighted by Crippen LogP contribution is -2.22. The van der Waals surface area contributed by atoms with Crippen LogP contribution in [0.25, 0.3) is 0 Å². The minimum Gasteiger partial charge on any atom is -0.432 e. The molecule has 178 valence electrons. The van der Waals surface area contributed by atoms with Crippen LogP contribution < -0.4 is 0 Å². The molecule has 0 radical (unpaired) electrons. The Balaban J connectivity index is 5.24. The van der Waals surface area contributed by atoms with Crippen molar-refractivity contribution in [1.29, 1.82) is 0 Å². The topological polar surface area (TPSA) is 71.1 Å². The summed E-state index contributed by atoms with van der Waals surface area (Å²) >= 11 is 0. The van der Waals surface area contributed by atoms with E-state index in [4.69, 9.17) is 18.3 Å². The lowest BCUT2D eigenvalue weighted by Gasteiger charge is -2.26. The molecule has 0 aromatic rings. The van der Waals surface area contributed by atoms with Gasteiger partial charge in [0.05, 0.1) is 13.2 Å². The van der Waals surface area contributed by atoms with Gasteiger partial charge in [-0.25, -0.2) is 13.9 Å². The van der Waals surface area contributed by atoms with Gasteiger partial charge in [-0.2, -0.15) is 0 Å². The fourth-order valence-electron chi connectivity index (χ4n) is 2.98. The van der Waals surface area contributed by atoms with Gasteiger partial charge >= 0.3 is 13.8 Å². The molecule has 6 nitrogen and oxygen atoms in total. The summed E-state index contributed by atoms with van der Waals surface area (Å²) in [6.45, 7) is 14.4. The molecule has 0 aliphatic rings. The molecule has 3 unspecified atom stereocenters. The highest BCUT2D eigenvalue weighted by atomic mass is 31.2. The zero-order valence-electron chi connectivity index (χ0n) is 19.9. The second kappa shape index (κ2) is 17.9. The van der Waals surface area contributed by atoms with Gasteiger partial charge < -0.3 is 4.74 Å². The van der Waals surface area contributed by atoms with Gasteiger partial charge in [-0.15, -0.1) is 0 Å². The third-order valence-corrected chi connectivity index (χ3v) is 6.63. The van der Waals surface area contributed by atoms with Crippen LogP contribution in [0.4, 0.5) is 0 Å². The molecule has 0 aliphatic heterocycles. The number of hydrogen-bond donors (Lipinski definition) is 0. The van der Waals surface area contributed by atoms with E-state index in [0.717, 1.165) is 57.4 Å². The Hall–Kier alpha value is -0.680. The lowest BCUT2D eigenvalue weighted by molar-refractivity contribution is -0.161. The number of phosphoric acid groups is 1. The van der Waals surface area contributed by atoms with Crippen LogP contribution in [0.3, 0.4) is 0 Å². The van der Waals surface area contributed by atoms with Gasteiger partial charge in [-0.1, -0.05) is 86.1 Å². The van der Waals surface area contributed by atoms with Crippen molar-refractivity contribution in [3.05, 3.63) is 12.7 Å². The maximum atomic E-state index is 13.5. The summed E-state index contributed by atoms with van der Waals surface area (Å²) in [7, 11) is -3.88. The summed E-state index contributed by atoms with van der Waals surface area (Å²) in [5.74, 6) is -0.0514. The fourth-order valence-corrected chi connectivity index (χ4v) is 4.40. The van der Waals surface area contributed by atoms with Crippen molar-refractivity contribution < 1.29 is 27.7 Å². The van der Waals surface area contributed by atoms with Crippen molar-refractivity contribution in [2.45, 2.75) is 105 Å². The van der Waals surface area contributed by atoms with E-state index in [1.54, 1.807) is 0 Å². The first-order valence-corrected chi connectivity index (χ1v) is 13.2. The normalized spacial score (nSPS) is 16.4. The monoisotopic (exact) mass is 448 g/mol. The van der Waals surface area contributed by atoms with Gasteiger partial charge in [0.15, 0.2) is 0 Å². The summed E-state index contributed by atoms with van der Waals surface area (Å²) in [5.41, 5.74) is 0. The molecule has 7 heteroatoms. The van der Waals surface area contributed by atoms with Gasteiger partial charge in [0.2, 0.25) is 6.29 Å². The van der Waals surface area contributed by atoms with Crippen LogP contribution in [0.15, 0.2) is 12.7 Å². The molecule has 30 heavy (non-hydrogen) atoms.